The Bertz CT molecular complexity index is 504. The molecule has 0 aliphatic rings. The summed E-state index contributed by atoms with van der Waals surface area (Å²) >= 11 is 0. The van der Waals surface area contributed by atoms with Gasteiger partial charge in [0.2, 0.25) is 5.91 Å². The van der Waals surface area contributed by atoms with Gasteiger partial charge in [-0.15, -0.1) is 0 Å². The van der Waals surface area contributed by atoms with Crippen molar-refractivity contribution in [3.8, 4) is 0 Å². The van der Waals surface area contributed by atoms with E-state index in [1.54, 1.807) is 31.1 Å². The maximum atomic E-state index is 11.3. The van der Waals surface area contributed by atoms with Gasteiger partial charge in [0, 0.05) is 20.2 Å². The Labute approximate surface area is 161 Å². The molecule has 0 aromatic heterocycles. The summed E-state index contributed by atoms with van der Waals surface area (Å²) in [5, 5.41) is 0. The van der Waals surface area contributed by atoms with E-state index in [0.717, 1.165) is 0 Å². The third kappa shape index (κ3) is 18.3. The summed E-state index contributed by atoms with van der Waals surface area (Å²) in [4.78, 5) is 12.8. The van der Waals surface area contributed by atoms with Crippen molar-refractivity contribution in [1.29, 1.82) is 0 Å². The lowest BCUT2D eigenvalue weighted by Gasteiger charge is -2.04. The zero-order chi connectivity index (χ0) is 19.3. The molecular weight excluding hydrogens is 318 g/mol. The summed E-state index contributed by atoms with van der Waals surface area (Å²) in [5.41, 5.74) is 0. The van der Waals surface area contributed by atoms with Crippen LogP contribution < -0.4 is 0 Å². The lowest BCUT2D eigenvalue weighted by atomic mass is 10.1. The molecular formula is C24H37NO. The molecule has 0 saturated carbocycles. The number of amides is 1. The second-order valence-electron chi connectivity index (χ2n) is 6.47. The summed E-state index contributed by atoms with van der Waals surface area (Å²) in [6, 6.07) is 0. The third-order valence-electron chi connectivity index (χ3n) is 3.79. The van der Waals surface area contributed by atoms with Crippen LogP contribution in [0, 0.1) is 0 Å². The Morgan fingerprint density at radius 1 is 0.654 bits per heavy atom. The minimum atomic E-state index is -0.0105. The maximum Gasteiger partial charge on any atom is 0.246 e. The van der Waals surface area contributed by atoms with Crippen molar-refractivity contribution in [3.63, 3.8) is 0 Å². The van der Waals surface area contributed by atoms with Crippen LogP contribution in [0.25, 0.3) is 0 Å². The normalized spacial score (nSPS) is 12.9. The molecule has 0 aromatic rings. The zero-order valence-electron chi connectivity index (χ0n) is 16.9. The molecule has 0 rings (SSSR count). The van der Waals surface area contributed by atoms with Crippen molar-refractivity contribution in [2.45, 2.75) is 58.3 Å². The van der Waals surface area contributed by atoms with Gasteiger partial charge in [0.25, 0.3) is 0 Å². The minimum absolute atomic E-state index is 0.0105. The van der Waals surface area contributed by atoms with Crippen LogP contribution in [-0.2, 0) is 4.79 Å². The summed E-state index contributed by atoms with van der Waals surface area (Å²) in [6.45, 7) is 2.26. The number of likely N-dealkylation sites (N-methyl/N-ethyl adjacent to an activating group) is 1. The molecule has 0 aliphatic carbocycles. The Balaban J connectivity index is 3.67. The molecule has 144 valence electrons. The van der Waals surface area contributed by atoms with E-state index in [2.05, 4.69) is 25.2 Å². The zero-order valence-corrected chi connectivity index (χ0v) is 16.9. The number of carbonyl (C=O) groups excluding carboxylic acids is 1. The highest BCUT2D eigenvalue weighted by Gasteiger charge is 1.93. The van der Waals surface area contributed by atoms with Crippen LogP contribution >= 0.6 is 0 Å². The van der Waals surface area contributed by atoms with Gasteiger partial charge in [-0.1, -0.05) is 112 Å². The van der Waals surface area contributed by atoms with Crippen LogP contribution in [-0.4, -0.2) is 24.9 Å². The van der Waals surface area contributed by atoms with Gasteiger partial charge in [-0.2, -0.15) is 0 Å². The van der Waals surface area contributed by atoms with Gasteiger partial charge in [-0.3, -0.25) is 4.79 Å². The van der Waals surface area contributed by atoms with Gasteiger partial charge in [0.05, 0.1) is 0 Å². The second kappa shape index (κ2) is 19.2. The molecule has 1 amide bonds. The second-order valence-corrected chi connectivity index (χ2v) is 6.47. The highest BCUT2D eigenvalue weighted by molar-refractivity contribution is 5.87. The van der Waals surface area contributed by atoms with Crippen molar-refractivity contribution in [2.75, 3.05) is 14.1 Å². The number of hydrogen-bond acceptors (Lipinski definition) is 1. The minimum Gasteiger partial charge on any atom is -0.345 e. The first-order valence-corrected chi connectivity index (χ1v) is 9.89. The van der Waals surface area contributed by atoms with Crippen LogP contribution in [0.1, 0.15) is 58.3 Å². The van der Waals surface area contributed by atoms with Gasteiger partial charge in [0.15, 0.2) is 0 Å². The first-order chi connectivity index (χ1) is 12.7. The van der Waals surface area contributed by atoms with E-state index in [1.807, 2.05) is 42.5 Å². The molecule has 0 saturated heterocycles. The molecule has 0 bridgehead atoms. The van der Waals surface area contributed by atoms with E-state index in [0.29, 0.717) is 0 Å². The van der Waals surface area contributed by atoms with E-state index >= 15 is 0 Å². The largest absolute Gasteiger partial charge is 0.345 e. The predicted molar refractivity (Wildman–Crippen MR) is 116 cm³/mol. The number of hydrogen-bond donors (Lipinski definition) is 0. The molecule has 0 atom stereocenters. The topological polar surface area (TPSA) is 20.3 Å². The van der Waals surface area contributed by atoms with Crippen LogP contribution in [0.15, 0.2) is 72.9 Å². The quantitative estimate of drug-likeness (QED) is 0.196. The number of carbonyl (C=O) groups is 1. The fourth-order valence-corrected chi connectivity index (χ4v) is 2.19. The van der Waals surface area contributed by atoms with Gasteiger partial charge >= 0.3 is 0 Å². The molecule has 26 heavy (non-hydrogen) atoms. The van der Waals surface area contributed by atoms with Crippen molar-refractivity contribution in [1.82, 2.24) is 4.90 Å². The van der Waals surface area contributed by atoms with Crippen LogP contribution in [0.2, 0.25) is 0 Å². The van der Waals surface area contributed by atoms with Crippen LogP contribution in [0.4, 0.5) is 0 Å². The highest BCUT2D eigenvalue weighted by Crippen LogP contribution is 2.08. The average Bonchev–Trinajstić information content (AvgIpc) is 2.63. The van der Waals surface area contributed by atoms with Gasteiger partial charge < -0.3 is 4.90 Å². The predicted octanol–water partition coefficient (Wildman–Crippen LogP) is 6.55. The fraction of sp³-hybridized carbons (Fsp3) is 0.458. The molecule has 0 heterocycles. The van der Waals surface area contributed by atoms with Gasteiger partial charge in [-0.05, 0) is 12.8 Å². The molecule has 2 nitrogen and oxygen atoms in total. The van der Waals surface area contributed by atoms with Crippen molar-refractivity contribution < 1.29 is 4.79 Å². The van der Waals surface area contributed by atoms with E-state index in [-0.39, 0.29) is 5.91 Å². The van der Waals surface area contributed by atoms with E-state index in [1.165, 1.54) is 51.4 Å². The van der Waals surface area contributed by atoms with Gasteiger partial charge in [0.1, 0.15) is 0 Å². The third-order valence-corrected chi connectivity index (χ3v) is 3.79. The lowest BCUT2D eigenvalue weighted by Crippen LogP contribution is -2.18. The Morgan fingerprint density at radius 3 is 1.65 bits per heavy atom. The first kappa shape index (κ1) is 23.9. The summed E-state index contributed by atoms with van der Waals surface area (Å²) in [5.74, 6) is -0.0105. The number of allylic oxidation sites excluding steroid dienone is 11. The number of unbranched alkanes of at least 4 members (excludes halogenated alkanes) is 7. The van der Waals surface area contributed by atoms with E-state index in [4.69, 9.17) is 0 Å². The molecule has 0 fully saturated rings. The molecule has 0 unspecified atom stereocenters. The molecule has 0 aromatic carbocycles. The van der Waals surface area contributed by atoms with Gasteiger partial charge in [-0.25, -0.2) is 0 Å². The molecule has 2 heteroatoms. The molecule has 0 aliphatic heterocycles. The SMILES string of the molecule is CCCCCCCCCC=CC=CC=CC=CC=CC=CC(=O)N(C)C. The average molecular weight is 356 g/mol. The monoisotopic (exact) mass is 355 g/mol. The highest BCUT2D eigenvalue weighted by atomic mass is 16.2. The van der Waals surface area contributed by atoms with Crippen LogP contribution in [0.3, 0.4) is 0 Å². The number of rotatable bonds is 14. The lowest BCUT2D eigenvalue weighted by molar-refractivity contribution is -0.123. The number of nitrogens with zero attached hydrogens (tertiary/aromatic N) is 1. The Kier molecular flexibility index (Phi) is 17.7. The Morgan fingerprint density at radius 2 is 1.12 bits per heavy atom. The summed E-state index contributed by atoms with van der Waals surface area (Å²) < 4.78 is 0. The molecule has 0 spiro atoms. The van der Waals surface area contributed by atoms with E-state index < -0.39 is 0 Å². The fourth-order valence-electron chi connectivity index (χ4n) is 2.19. The standard InChI is InChI=1S/C24H37NO/c1-4-5-6-7-8-9-10-11-12-13-14-15-16-17-18-19-20-21-22-23-24(26)25(2)3/h12-23H,4-11H2,1-3H3. The molecule has 0 N–H and O–H groups in total. The Hall–Kier alpha value is -2.09. The van der Waals surface area contributed by atoms with Crippen LogP contribution in [0.5, 0.6) is 0 Å². The summed E-state index contributed by atoms with van der Waals surface area (Å²) in [6.07, 6.45) is 34.1. The maximum absolute atomic E-state index is 11.3. The first-order valence-electron chi connectivity index (χ1n) is 9.89. The van der Waals surface area contributed by atoms with Crippen molar-refractivity contribution in [2.24, 2.45) is 0 Å². The van der Waals surface area contributed by atoms with Crippen molar-refractivity contribution >= 4 is 5.91 Å². The summed E-state index contributed by atoms with van der Waals surface area (Å²) in [7, 11) is 3.47. The van der Waals surface area contributed by atoms with Crippen molar-refractivity contribution in [3.05, 3.63) is 72.9 Å². The van der Waals surface area contributed by atoms with E-state index in [9.17, 15) is 4.79 Å². The smallest absolute Gasteiger partial charge is 0.246 e. The molecule has 0 radical (unpaired) electrons.